The zero-order chi connectivity index (χ0) is 51.2. The van der Waals surface area contributed by atoms with Gasteiger partial charge in [0.05, 0.1) is 23.7 Å². The normalized spacial score (nSPS) is 21.5. The number of carboxylic acid groups (broad SMARTS) is 4. The van der Waals surface area contributed by atoms with Crippen LogP contribution in [0.1, 0.15) is 47.9 Å². The van der Waals surface area contributed by atoms with Crippen LogP contribution in [0.4, 0.5) is 0 Å². The summed E-state index contributed by atoms with van der Waals surface area (Å²) >= 11 is 0. The topological polar surface area (TPSA) is 234 Å². The maximum absolute atomic E-state index is 12.5. The predicted molar refractivity (Wildman–Crippen MR) is 273 cm³/mol. The summed E-state index contributed by atoms with van der Waals surface area (Å²) in [4.78, 5) is 50.0. The standard InChI is InChI=1S/C57H72N4O12/c62-53(63)49(41-13-17-58-29-41)25-37-5-1-9-45(21-37)70-33-57(34-71-46-10-2-6-38(22-46)26-50(54(64)65)42-14-18-59-30-42,35-72-47-11-3-7-39(23-47)27-51(55(66)67)43-15-19-60-31-43)36-73-48-12-4-8-40(24-48)28-52(56(68)69)44-16-20-61-32-44/h1-12,21-24,41-44,49-52,58-61H,13-20,25-36H2,(H,62,63)(H,64,65)(H,66,67)(H,68,69)/t41-,42-,43-,44-,49-,50-,51-,52-/m0/s1. The maximum Gasteiger partial charge on any atom is 0.307 e. The molecule has 0 spiro atoms. The fourth-order valence-corrected chi connectivity index (χ4v) is 11.2. The van der Waals surface area contributed by atoms with Gasteiger partial charge in [-0.2, -0.15) is 0 Å². The first kappa shape index (κ1) is 53.1. The van der Waals surface area contributed by atoms with E-state index < -0.39 is 53.0 Å². The molecule has 73 heavy (non-hydrogen) atoms. The van der Waals surface area contributed by atoms with E-state index in [9.17, 15) is 39.6 Å². The van der Waals surface area contributed by atoms with Gasteiger partial charge >= 0.3 is 23.9 Å². The van der Waals surface area contributed by atoms with Crippen molar-refractivity contribution in [2.24, 2.45) is 52.8 Å². The van der Waals surface area contributed by atoms with Gasteiger partial charge in [0.25, 0.3) is 0 Å². The van der Waals surface area contributed by atoms with Crippen molar-refractivity contribution in [3.8, 4) is 23.0 Å². The van der Waals surface area contributed by atoms with E-state index >= 15 is 0 Å². The summed E-state index contributed by atoms with van der Waals surface area (Å²) in [7, 11) is 0. The van der Waals surface area contributed by atoms with Gasteiger partial charge in [-0.3, -0.25) is 19.2 Å². The summed E-state index contributed by atoms with van der Waals surface area (Å²) in [5.74, 6) is -3.48. The summed E-state index contributed by atoms with van der Waals surface area (Å²) < 4.78 is 26.8. The van der Waals surface area contributed by atoms with Crippen LogP contribution in [0.2, 0.25) is 0 Å². The van der Waals surface area contributed by atoms with Gasteiger partial charge in [-0.15, -0.1) is 0 Å². The Kier molecular flexibility index (Phi) is 18.7. The molecule has 4 aliphatic heterocycles. The van der Waals surface area contributed by atoms with E-state index in [4.69, 9.17) is 18.9 Å². The lowest BCUT2D eigenvalue weighted by Gasteiger charge is -2.33. The third-order valence-corrected chi connectivity index (χ3v) is 15.5. The van der Waals surface area contributed by atoms with Crippen LogP contribution in [0, 0.1) is 52.8 Å². The Morgan fingerprint density at radius 3 is 0.836 bits per heavy atom. The lowest BCUT2D eigenvalue weighted by atomic mass is 9.86. The van der Waals surface area contributed by atoms with Gasteiger partial charge in [0.15, 0.2) is 0 Å². The maximum atomic E-state index is 12.5. The number of benzene rings is 4. The molecule has 4 aliphatic rings. The van der Waals surface area contributed by atoms with Crippen LogP contribution in [-0.2, 0) is 44.9 Å². The summed E-state index contributed by atoms with van der Waals surface area (Å²) in [6.07, 6.45) is 4.50. The van der Waals surface area contributed by atoms with Crippen LogP contribution in [0.5, 0.6) is 23.0 Å². The molecule has 0 unspecified atom stereocenters. The second-order valence-electron chi connectivity index (χ2n) is 20.9. The Labute approximate surface area is 427 Å². The van der Waals surface area contributed by atoms with E-state index in [1.54, 1.807) is 0 Å². The van der Waals surface area contributed by atoms with Crippen molar-refractivity contribution < 1.29 is 58.6 Å². The third kappa shape index (κ3) is 15.0. The molecular weight excluding hydrogens is 933 g/mol. The van der Waals surface area contributed by atoms with E-state index in [2.05, 4.69) is 21.3 Å². The average molecular weight is 1010 g/mol. The SMILES string of the molecule is O=C(O)[C@@H](Cc1cccc(OCC(COc2cccc(C[C@H](C(=O)O)[C@H]3CCNC3)c2)(COc2cccc(C[C@H](C(=O)O)[C@H]3CCNC3)c2)COc2cccc(C[C@H](C(=O)O)[C@H]3CCNC3)c2)c1)[C@H]1CCNC1. The Morgan fingerprint density at radius 1 is 0.411 bits per heavy atom. The minimum Gasteiger partial charge on any atom is -0.493 e. The molecule has 16 nitrogen and oxygen atoms in total. The van der Waals surface area contributed by atoms with Crippen LogP contribution in [0.3, 0.4) is 0 Å². The first-order valence-electron chi connectivity index (χ1n) is 26.0. The summed E-state index contributed by atoms with van der Waals surface area (Å²) in [5, 5.41) is 54.2. The highest BCUT2D eigenvalue weighted by molar-refractivity contribution is 5.72. The number of carbonyl (C=O) groups is 4. The molecule has 0 amide bonds. The van der Waals surface area contributed by atoms with Gasteiger partial charge in [-0.25, -0.2) is 0 Å². The highest BCUT2D eigenvalue weighted by Gasteiger charge is 2.38. The Balaban J connectivity index is 1.09. The first-order valence-corrected chi connectivity index (χ1v) is 26.0. The van der Waals surface area contributed by atoms with Gasteiger partial charge < -0.3 is 60.6 Å². The number of hydrogen-bond acceptors (Lipinski definition) is 12. The van der Waals surface area contributed by atoms with Crippen molar-refractivity contribution in [3.05, 3.63) is 119 Å². The van der Waals surface area contributed by atoms with Crippen LogP contribution in [-0.4, -0.2) is 123 Å². The van der Waals surface area contributed by atoms with E-state index in [1.807, 2.05) is 97.1 Å². The van der Waals surface area contributed by atoms with Crippen LogP contribution < -0.4 is 40.2 Å². The van der Waals surface area contributed by atoms with Crippen molar-refractivity contribution in [1.82, 2.24) is 21.3 Å². The lowest BCUT2D eigenvalue weighted by molar-refractivity contribution is -0.144. The fourth-order valence-electron chi connectivity index (χ4n) is 11.2. The smallest absolute Gasteiger partial charge is 0.307 e. The monoisotopic (exact) mass is 1000 g/mol. The quantitative estimate of drug-likeness (QED) is 0.0341. The highest BCUT2D eigenvalue weighted by Crippen LogP contribution is 2.33. The molecule has 4 aromatic carbocycles. The zero-order valence-corrected chi connectivity index (χ0v) is 41.6. The van der Waals surface area contributed by atoms with Gasteiger partial charge in [-0.1, -0.05) is 48.5 Å². The molecule has 0 aliphatic carbocycles. The van der Waals surface area contributed by atoms with Crippen molar-refractivity contribution in [2.45, 2.75) is 51.4 Å². The molecule has 392 valence electrons. The molecule has 8 N–H and O–H groups in total. The minimum atomic E-state index is -1.07. The molecule has 16 heteroatoms. The summed E-state index contributed by atoms with van der Waals surface area (Å²) in [5.41, 5.74) is 2.22. The molecule has 4 heterocycles. The predicted octanol–water partition coefficient (Wildman–Crippen LogP) is 5.70. The number of rotatable bonds is 28. The van der Waals surface area contributed by atoms with Gasteiger partial charge in [-0.05, 0) is 198 Å². The van der Waals surface area contributed by atoms with Crippen molar-refractivity contribution in [3.63, 3.8) is 0 Å². The Bertz CT molecular complexity index is 2120. The molecule has 0 saturated carbocycles. The Hall–Kier alpha value is -6.20. The molecule has 0 bridgehead atoms. The van der Waals surface area contributed by atoms with Crippen molar-refractivity contribution in [2.75, 3.05) is 78.8 Å². The fraction of sp³-hybridized carbons (Fsp3) is 0.509. The van der Waals surface area contributed by atoms with Gasteiger partial charge in [0, 0.05) is 0 Å². The Morgan fingerprint density at radius 2 is 0.644 bits per heavy atom. The van der Waals surface area contributed by atoms with Crippen molar-refractivity contribution in [1.29, 1.82) is 0 Å². The second kappa shape index (κ2) is 25.6. The van der Waals surface area contributed by atoms with Gasteiger partial charge in [0.2, 0.25) is 0 Å². The molecule has 8 atom stereocenters. The van der Waals surface area contributed by atoms with E-state index in [0.29, 0.717) is 74.9 Å². The minimum absolute atomic E-state index is 0.00569. The average Bonchev–Trinajstić information content (AvgIpc) is 4.26. The number of carboxylic acids is 4. The third-order valence-electron chi connectivity index (χ3n) is 15.5. The highest BCUT2D eigenvalue weighted by atomic mass is 16.5. The molecule has 0 aromatic heterocycles. The van der Waals surface area contributed by atoms with E-state index in [1.165, 1.54) is 0 Å². The number of ether oxygens (including phenoxy) is 4. The summed E-state index contributed by atoms with van der Waals surface area (Å²) in [6.45, 7) is 5.77. The largest absolute Gasteiger partial charge is 0.493 e. The molecule has 0 radical (unpaired) electrons. The molecule has 4 saturated heterocycles. The molecule has 4 fully saturated rings. The number of aliphatic carboxylic acids is 4. The zero-order valence-electron chi connectivity index (χ0n) is 41.6. The van der Waals surface area contributed by atoms with Crippen LogP contribution >= 0.6 is 0 Å². The second-order valence-corrected chi connectivity index (χ2v) is 20.9. The molecular formula is C57H72N4O12. The van der Waals surface area contributed by atoms with E-state index in [0.717, 1.165) is 74.1 Å². The van der Waals surface area contributed by atoms with Gasteiger partial charge in [0.1, 0.15) is 54.8 Å². The lowest BCUT2D eigenvalue weighted by Crippen LogP contribution is -2.45. The number of hydrogen-bond donors (Lipinski definition) is 8. The number of nitrogens with one attached hydrogen (secondary N) is 4. The van der Waals surface area contributed by atoms with Crippen LogP contribution in [0.15, 0.2) is 97.1 Å². The molecule has 4 aromatic rings. The van der Waals surface area contributed by atoms with E-state index in [-0.39, 0.29) is 50.1 Å². The van der Waals surface area contributed by atoms with Crippen LogP contribution in [0.25, 0.3) is 0 Å². The summed E-state index contributed by atoms with van der Waals surface area (Å²) in [6, 6.07) is 29.9. The first-order chi connectivity index (χ1) is 35.4. The molecule has 8 rings (SSSR count). The van der Waals surface area contributed by atoms with Crippen molar-refractivity contribution >= 4 is 23.9 Å².